The predicted molar refractivity (Wildman–Crippen MR) is 99.0 cm³/mol. The highest BCUT2D eigenvalue weighted by molar-refractivity contribution is 7.89. The van der Waals surface area contributed by atoms with Crippen LogP contribution < -0.4 is 4.83 Å². The Morgan fingerprint density at radius 2 is 1.74 bits per heavy atom. The van der Waals surface area contributed by atoms with E-state index in [2.05, 4.69) is 16.9 Å². The van der Waals surface area contributed by atoms with Gasteiger partial charge in [-0.1, -0.05) is 74.7 Å². The van der Waals surface area contributed by atoms with Crippen LogP contribution in [-0.2, 0) is 10.0 Å². The molecule has 0 atom stereocenters. The summed E-state index contributed by atoms with van der Waals surface area (Å²) >= 11 is 11.8. The third-order valence-electron chi connectivity index (χ3n) is 3.37. The van der Waals surface area contributed by atoms with Gasteiger partial charge in [0.25, 0.3) is 0 Å². The maximum Gasteiger partial charge on any atom is 0.247 e. The molecule has 1 rings (SSSR count). The van der Waals surface area contributed by atoms with Crippen LogP contribution in [0.5, 0.6) is 0 Å². The van der Waals surface area contributed by atoms with Crippen molar-refractivity contribution in [2.24, 2.45) is 5.10 Å². The van der Waals surface area contributed by atoms with Crippen molar-refractivity contribution in [1.29, 1.82) is 0 Å². The zero-order chi connectivity index (χ0) is 17.1. The van der Waals surface area contributed by atoms with Crippen LogP contribution >= 0.6 is 23.2 Å². The second-order valence-electron chi connectivity index (χ2n) is 5.46. The molecule has 0 aliphatic rings. The van der Waals surface area contributed by atoms with E-state index >= 15 is 0 Å². The molecule has 0 amide bonds. The molecule has 1 N–H and O–H groups in total. The molecule has 0 aliphatic heterocycles. The maximum atomic E-state index is 11.8. The molecule has 0 radical (unpaired) electrons. The molecule has 0 unspecified atom stereocenters. The van der Waals surface area contributed by atoms with Crippen LogP contribution in [0.3, 0.4) is 0 Å². The fraction of sp³-hybridized carbons (Fsp3) is 0.562. The molecule has 0 saturated heterocycles. The molecule has 0 saturated carbocycles. The van der Waals surface area contributed by atoms with Gasteiger partial charge in [0.1, 0.15) is 0 Å². The fourth-order valence-electron chi connectivity index (χ4n) is 2.08. The van der Waals surface area contributed by atoms with E-state index in [1.54, 1.807) is 18.2 Å². The summed E-state index contributed by atoms with van der Waals surface area (Å²) in [4.78, 5) is 2.21. The number of halogens is 2. The molecular weight excluding hydrogens is 355 g/mol. The summed E-state index contributed by atoms with van der Waals surface area (Å²) in [6, 6.07) is 4.93. The number of rotatable bonds is 11. The quantitative estimate of drug-likeness (QED) is 0.334. The molecule has 7 heteroatoms. The highest BCUT2D eigenvalue weighted by Gasteiger charge is 2.07. The standard InChI is InChI=1S/C16H24Cl2N2O2S/c1-2-3-4-5-6-7-8-11-23(21,22)20-19-13-14-9-10-15(17)12-16(14)18/h9-10,12-13,20H,2-8,11H2,1H3/b19-13+. The van der Waals surface area contributed by atoms with Gasteiger partial charge in [0, 0.05) is 10.6 Å². The van der Waals surface area contributed by atoms with Gasteiger partial charge < -0.3 is 0 Å². The molecule has 0 fully saturated rings. The molecule has 0 bridgehead atoms. The lowest BCUT2D eigenvalue weighted by Crippen LogP contribution is -2.21. The average molecular weight is 379 g/mol. The van der Waals surface area contributed by atoms with Gasteiger partial charge in [-0.2, -0.15) is 5.10 Å². The van der Waals surface area contributed by atoms with E-state index in [-0.39, 0.29) is 5.75 Å². The number of hydrogen-bond acceptors (Lipinski definition) is 3. The summed E-state index contributed by atoms with van der Waals surface area (Å²) in [5.74, 6) is 0.0897. The lowest BCUT2D eigenvalue weighted by atomic mass is 10.1. The summed E-state index contributed by atoms with van der Waals surface area (Å²) < 4.78 is 23.6. The molecule has 4 nitrogen and oxygen atoms in total. The number of nitrogens with one attached hydrogen (secondary N) is 1. The van der Waals surface area contributed by atoms with Crippen LogP contribution in [0.25, 0.3) is 0 Å². The molecule has 0 aliphatic carbocycles. The highest BCUT2D eigenvalue weighted by atomic mass is 35.5. The average Bonchev–Trinajstić information content (AvgIpc) is 2.48. The van der Waals surface area contributed by atoms with Crippen LogP contribution in [0.2, 0.25) is 10.0 Å². The smallest absolute Gasteiger partial charge is 0.205 e. The zero-order valence-corrected chi connectivity index (χ0v) is 15.7. The molecule has 130 valence electrons. The van der Waals surface area contributed by atoms with E-state index in [4.69, 9.17) is 23.2 Å². The van der Waals surface area contributed by atoms with E-state index in [0.717, 1.165) is 12.8 Å². The van der Waals surface area contributed by atoms with Gasteiger partial charge in [-0.05, 0) is 18.6 Å². The Bertz CT molecular complexity index is 604. The van der Waals surface area contributed by atoms with E-state index in [0.29, 0.717) is 22.0 Å². The first-order chi connectivity index (χ1) is 10.9. The van der Waals surface area contributed by atoms with Gasteiger partial charge in [0.15, 0.2) is 0 Å². The SMILES string of the molecule is CCCCCCCCCS(=O)(=O)N/N=C/c1ccc(Cl)cc1Cl. The minimum absolute atomic E-state index is 0.0897. The first kappa shape index (κ1) is 20.3. The first-order valence-electron chi connectivity index (χ1n) is 7.92. The lowest BCUT2D eigenvalue weighted by molar-refractivity contribution is 0.570. The van der Waals surface area contributed by atoms with Crippen LogP contribution in [0.4, 0.5) is 0 Å². The van der Waals surface area contributed by atoms with Gasteiger partial charge in [-0.3, -0.25) is 0 Å². The van der Waals surface area contributed by atoms with Crippen LogP contribution in [-0.4, -0.2) is 20.4 Å². The molecule has 1 aromatic carbocycles. The van der Waals surface area contributed by atoms with E-state index in [1.807, 2.05) is 0 Å². The Labute approximate surface area is 149 Å². The zero-order valence-electron chi connectivity index (χ0n) is 13.4. The monoisotopic (exact) mass is 378 g/mol. The Morgan fingerprint density at radius 3 is 2.39 bits per heavy atom. The van der Waals surface area contributed by atoms with Gasteiger partial charge >= 0.3 is 0 Å². The summed E-state index contributed by atoms with van der Waals surface area (Å²) in [6.07, 6.45) is 8.91. The largest absolute Gasteiger partial charge is 0.247 e. The number of hydrogen-bond donors (Lipinski definition) is 1. The van der Waals surface area contributed by atoms with Gasteiger partial charge in [0.05, 0.1) is 17.0 Å². The molecule has 0 heterocycles. The minimum Gasteiger partial charge on any atom is -0.205 e. The Morgan fingerprint density at radius 1 is 1.09 bits per heavy atom. The fourth-order valence-corrected chi connectivity index (χ4v) is 3.42. The minimum atomic E-state index is -3.39. The summed E-state index contributed by atoms with van der Waals surface area (Å²) in [7, 11) is -3.39. The van der Waals surface area contributed by atoms with Gasteiger partial charge in [-0.25, -0.2) is 13.2 Å². The molecule has 1 aromatic rings. The summed E-state index contributed by atoms with van der Waals surface area (Å²) in [5, 5.41) is 4.70. The van der Waals surface area contributed by atoms with Crippen molar-refractivity contribution in [2.45, 2.75) is 51.9 Å². The molecule has 0 spiro atoms. The van der Waals surface area contributed by atoms with Crippen LogP contribution in [0, 0.1) is 0 Å². The van der Waals surface area contributed by atoms with Crippen molar-refractivity contribution in [1.82, 2.24) is 4.83 Å². The number of sulfonamides is 1. The van der Waals surface area contributed by atoms with Gasteiger partial charge in [0.2, 0.25) is 10.0 Å². The third kappa shape index (κ3) is 9.18. The molecular formula is C16H24Cl2N2O2S. The molecule has 0 aromatic heterocycles. The van der Waals surface area contributed by atoms with Crippen molar-refractivity contribution in [3.8, 4) is 0 Å². The third-order valence-corrected chi connectivity index (χ3v) is 5.15. The highest BCUT2D eigenvalue weighted by Crippen LogP contribution is 2.19. The van der Waals surface area contributed by atoms with Crippen molar-refractivity contribution in [2.75, 3.05) is 5.75 Å². The predicted octanol–water partition coefficient (Wildman–Crippen LogP) is 5.00. The number of unbranched alkanes of at least 4 members (excludes halogenated alkanes) is 6. The second-order valence-corrected chi connectivity index (χ2v) is 8.12. The van der Waals surface area contributed by atoms with E-state index in [9.17, 15) is 8.42 Å². The van der Waals surface area contributed by atoms with Crippen LogP contribution in [0.1, 0.15) is 57.4 Å². The van der Waals surface area contributed by atoms with Crippen molar-refractivity contribution in [3.05, 3.63) is 33.8 Å². The summed E-state index contributed by atoms with van der Waals surface area (Å²) in [6.45, 7) is 2.18. The Balaban J connectivity index is 2.30. The van der Waals surface area contributed by atoms with Crippen molar-refractivity contribution < 1.29 is 8.42 Å². The van der Waals surface area contributed by atoms with Crippen molar-refractivity contribution in [3.63, 3.8) is 0 Å². The second kappa shape index (κ2) is 10.9. The maximum absolute atomic E-state index is 11.8. The topological polar surface area (TPSA) is 58.5 Å². The van der Waals surface area contributed by atoms with Gasteiger partial charge in [-0.15, -0.1) is 0 Å². The number of nitrogens with zero attached hydrogens (tertiary/aromatic N) is 1. The first-order valence-corrected chi connectivity index (χ1v) is 10.3. The molecule has 23 heavy (non-hydrogen) atoms. The normalized spacial score (nSPS) is 12.0. The lowest BCUT2D eigenvalue weighted by Gasteiger charge is -2.04. The van der Waals surface area contributed by atoms with Crippen molar-refractivity contribution >= 4 is 39.4 Å². The Kier molecular flexibility index (Phi) is 9.60. The van der Waals surface area contributed by atoms with E-state index in [1.165, 1.54) is 31.9 Å². The Hall–Kier alpha value is -0.780. The van der Waals surface area contributed by atoms with Crippen LogP contribution in [0.15, 0.2) is 23.3 Å². The number of benzene rings is 1. The number of hydrazone groups is 1. The summed E-state index contributed by atoms with van der Waals surface area (Å²) in [5.41, 5.74) is 0.606. The van der Waals surface area contributed by atoms with E-state index < -0.39 is 10.0 Å².